The summed E-state index contributed by atoms with van der Waals surface area (Å²) in [5.74, 6) is 0. The van der Waals surface area contributed by atoms with Gasteiger partial charge in [-0.25, -0.2) is 14.2 Å². The average Bonchev–Trinajstić information content (AvgIpc) is 3.07. The minimum Gasteiger partial charge on any atom is -0.444 e. The third-order valence-corrected chi connectivity index (χ3v) is 6.43. The van der Waals surface area contributed by atoms with Gasteiger partial charge in [0, 0.05) is 22.5 Å². The first-order chi connectivity index (χ1) is 15.8. The molecule has 4 atom stereocenters. The monoisotopic (exact) mass is 499 g/mol. The number of carbonyl (C=O) groups excluding carboxylic acids is 1. The van der Waals surface area contributed by atoms with E-state index < -0.39 is 41.7 Å². The Morgan fingerprint density at radius 2 is 1.94 bits per heavy atom. The van der Waals surface area contributed by atoms with Gasteiger partial charge in [0.05, 0.1) is 23.4 Å². The van der Waals surface area contributed by atoms with E-state index in [4.69, 9.17) is 16.3 Å². The van der Waals surface area contributed by atoms with E-state index in [1.807, 2.05) is 0 Å². The number of nitrogens with zero attached hydrogens (tertiary/aromatic N) is 2. The normalized spacial score (nSPS) is 24.9. The molecule has 1 amide bonds. The van der Waals surface area contributed by atoms with Crippen LogP contribution in [0.3, 0.4) is 0 Å². The summed E-state index contributed by atoms with van der Waals surface area (Å²) < 4.78 is 61.0. The molecule has 0 aliphatic carbocycles. The molecule has 2 fully saturated rings. The van der Waals surface area contributed by atoms with Crippen molar-refractivity contribution in [2.24, 2.45) is 0 Å². The van der Waals surface area contributed by atoms with E-state index >= 15 is 4.39 Å². The molecule has 4 rings (SSSR count). The van der Waals surface area contributed by atoms with Crippen LogP contribution in [0.15, 0.2) is 30.8 Å². The zero-order chi connectivity index (χ0) is 25.0. The molecule has 34 heavy (non-hydrogen) atoms. The Morgan fingerprint density at radius 3 is 2.59 bits per heavy atom. The molecule has 5 nitrogen and oxygen atoms in total. The standard InChI is InChI=1S/C24H26ClF4N3O2/c1-12(24(27,28)29)21-14-6-5-7-16(15(14)11-19(25)31-21)30-17-10-13-8-9-18(20(17)26)32(13)22(33)34-23(2,3)4/h5-7,11,13,17-18,20,30H,1,8-10H2,2-4H3/t13-,17-,18+,20-/m1/s1. The van der Waals surface area contributed by atoms with Gasteiger partial charge in [0.1, 0.15) is 16.9 Å². The van der Waals surface area contributed by atoms with Gasteiger partial charge < -0.3 is 10.1 Å². The molecule has 2 aliphatic heterocycles. The molecule has 2 aliphatic rings. The molecular weight excluding hydrogens is 474 g/mol. The number of benzene rings is 1. The van der Waals surface area contributed by atoms with Crippen LogP contribution in [0, 0.1) is 0 Å². The maximum absolute atomic E-state index is 15.6. The smallest absolute Gasteiger partial charge is 0.417 e. The maximum Gasteiger partial charge on any atom is 0.417 e. The van der Waals surface area contributed by atoms with Crippen LogP contribution in [0.1, 0.15) is 45.7 Å². The molecule has 10 heteroatoms. The Labute approximate surface area is 200 Å². The summed E-state index contributed by atoms with van der Waals surface area (Å²) in [6, 6.07) is 4.72. The number of ether oxygens (including phenoxy) is 1. The number of piperidine rings is 1. The zero-order valence-corrected chi connectivity index (χ0v) is 19.8. The summed E-state index contributed by atoms with van der Waals surface area (Å²) in [6.45, 7) is 8.43. The number of pyridine rings is 1. The van der Waals surface area contributed by atoms with Crippen LogP contribution in [-0.2, 0) is 4.74 Å². The number of hydrogen-bond acceptors (Lipinski definition) is 4. The molecule has 1 aromatic carbocycles. The number of allylic oxidation sites excluding steroid dienone is 1. The SMILES string of the molecule is C=C(c1nc(Cl)cc2c(N[C@@H]3C[C@H]4CC[C@@H]([C@@H]3F)N4C(=O)OC(C)(C)C)cccc12)C(F)(F)F. The van der Waals surface area contributed by atoms with Gasteiger partial charge in [0.2, 0.25) is 0 Å². The predicted octanol–water partition coefficient (Wildman–Crippen LogP) is 6.75. The fourth-order valence-electron chi connectivity index (χ4n) is 4.82. The summed E-state index contributed by atoms with van der Waals surface area (Å²) in [6.07, 6.45) is -5.07. The van der Waals surface area contributed by atoms with Crippen molar-refractivity contribution >= 4 is 39.7 Å². The maximum atomic E-state index is 15.6. The summed E-state index contributed by atoms with van der Waals surface area (Å²) in [5, 5.41) is 3.63. The van der Waals surface area contributed by atoms with Crippen LogP contribution >= 0.6 is 11.6 Å². The van der Waals surface area contributed by atoms with Crippen molar-refractivity contribution in [2.45, 2.75) is 76.1 Å². The minimum absolute atomic E-state index is 0.126. The van der Waals surface area contributed by atoms with Crippen molar-refractivity contribution < 1.29 is 27.1 Å². The van der Waals surface area contributed by atoms with Crippen LogP contribution in [-0.4, -0.2) is 52.1 Å². The predicted molar refractivity (Wildman–Crippen MR) is 124 cm³/mol. The molecule has 2 aromatic rings. The van der Waals surface area contributed by atoms with Crippen LogP contribution in [0.25, 0.3) is 16.3 Å². The van der Waals surface area contributed by atoms with Gasteiger partial charge in [-0.05, 0) is 52.2 Å². The molecule has 0 saturated carbocycles. The summed E-state index contributed by atoms with van der Waals surface area (Å²) >= 11 is 6.04. The number of anilines is 1. The average molecular weight is 500 g/mol. The number of aromatic nitrogens is 1. The molecule has 1 N–H and O–H groups in total. The second kappa shape index (κ2) is 8.59. The Balaban J connectivity index is 1.63. The quantitative estimate of drug-likeness (QED) is 0.375. The highest BCUT2D eigenvalue weighted by Gasteiger charge is 2.51. The van der Waals surface area contributed by atoms with E-state index in [0.29, 0.717) is 30.3 Å². The molecular formula is C24H26ClF4N3O2. The highest BCUT2D eigenvalue weighted by atomic mass is 35.5. The summed E-state index contributed by atoms with van der Waals surface area (Å²) in [4.78, 5) is 18.0. The Morgan fingerprint density at radius 1 is 1.24 bits per heavy atom. The lowest BCUT2D eigenvalue weighted by Crippen LogP contribution is -2.57. The van der Waals surface area contributed by atoms with Crippen LogP contribution in [0.4, 0.5) is 28.0 Å². The lowest BCUT2D eigenvalue weighted by molar-refractivity contribution is -0.0688. The second-order valence-corrected chi connectivity index (χ2v) is 10.2. The van der Waals surface area contributed by atoms with Crippen molar-refractivity contribution in [1.82, 2.24) is 9.88 Å². The van der Waals surface area contributed by atoms with Crippen LogP contribution in [0.2, 0.25) is 5.15 Å². The van der Waals surface area contributed by atoms with E-state index in [-0.39, 0.29) is 22.3 Å². The number of carbonyl (C=O) groups is 1. The number of fused-ring (bicyclic) bond motifs is 3. The zero-order valence-electron chi connectivity index (χ0n) is 19.0. The minimum atomic E-state index is -4.67. The van der Waals surface area contributed by atoms with Crippen molar-refractivity contribution in [3.8, 4) is 0 Å². The number of halogens is 5. The van der Waals surface area contributed by atoms with Gasteiger partial charge in [-0.1, -0.05) is 30.3 Å². The van der Waals surface area contributed by atoms with E-state index in [2.05, 4.69) is 16.9 Å². The van der Waals surface area contributed by atoms with Crippen molar-refractivity contribution in [3.05, 3.63) is 41.7 Å². The number of rotatable bonds is 3. The Hall–Kier alpha value is -2.55. The molecule has 0 unspecified atom stereocenters. The van der Waals surface area contributed by atoms with Gasteiger partial charge >= 0.3 is 12.3 Å². The summed E-state index contributed by atoms with van der Waals surface area (Å²) in [5.41, 5.74) is -1.72. The second-order valence-electron chi connectivity index (χ2n) is 9.79. The van der Waals surface area contributed by atoms with Gasteiger partial charge in [-0.15, -0.1) is 0 Å². The van der Waals surface area contributed by atoms with Crippen molar-refractivity contribution in [1.29, 1.82) is 0 Å². The molecule has 0 radical (unpaired) electrons. The van der Waals surface area contributed by atoms with Gasteiger partial charge in [-0.3, -0.25) is 4.90 Å². The highest BCUT2D eigenvalue weighted by Crippen LogP contribution is 2.41. The number of hydrogen-bond donors (Lipinski definition) is 1. The van der Waals surface area contributed by atoms with Gasteiger partial charge in [-0.2, -0.15) is 13.2 Å². The highest BCUT2D eigenvalue weighted by molar-refractivity contribution is 6.30. The summed E-state index contributed by atoms with van der Waals surface area (Å²) in [7, 11) is 0. The van der Waals surface area contributed by atoms with Gasteiger partial charge in [0.25, 0.3) is 0 Å². The molecule has 184 valence electrons. The number of alkyl halides is 4. The molecule has 3 heterocycles. The first kappa shape index (κ1) is 24.6. The van der Waals surface area contributed by atoms with Crippen LogP contribution in [0.5, 0.6) is 0 Å². The third-order valence-electron chi connectivity index (χ3n) is 6.24. The van der Waals surface area contributed by atoms with Crippen molar-refractivity contribution in [2.75, 3.05) is 5.32 Å². The molecule has 2 bridgehead atoms. The lowest BCUT2D eigenvalue weighted by atomic mass is 9.94. The first-order valence-electron chi connectivity index (χ1n) is 11.0. The first-order valence-corrected chi connectivity index (χ1v) is 11.4. The number of amides is 1. The fourth-order valence-corrected chi connectivity index (χ4v) is 5.01. The largest absolute Gasteiger partial charge is 0.444 e. The molecule has 0 spiro atoms. The van der Waals surface area contributed by atoms with Gasteiger partial charge in [0.15, 0.2) is 0 Å². The Bertz CT molecular complexity index is 1130. The van der Waals surface area contributed by atoms with Crippen molar-refractivity contribution in [3.63, 3.8) is 0 Å². The fraction of sp³-hybridized carbons (Fsp3) is 0.500. The molecule has 1 aromatic heterocycles. The van der Waals surface area contributed by atoms with Crippen LogP contribution < -0.4 is 5.32 Å². The topological polar surface area (TPSA) is 54.5 Å². The van der Waals surface area contributed by atoms with E-state index in [9.17, 15) is 18.0 Å². The lowest BCUT2D eigenvalue weighted by Gasteiger charge is -2.42. The number of nitrogens with one attached hydrogen (secondary N) is 1. The Kier molecular flexibility index (Phi) is 6.21. The van der Waals surface area contributed by atoms with E-state index in [0.717, 1.165) is 0 Å². The van der Waals surface area contributed by atoms with E-state index in [1.165, 1.54) is 17.0 Å². The molecule has 2 saturated heterocycles. The van der Waals surface area contributed by atoms with E-state index in [1.54, 1.807) is 32.9 Å². The third kappa shape index (κ3) is 4.67.